The van der Waals surface area contributed by atoms with Gasteiger partial charge in [-0.05, 0) is 6.26 Å². The number of oxime groups is 1. The van der Waals surface area contributed by atoms with E-state index in [4.69, 9.17) is 16.8 Å². The number of thioether (sulfide) groups is 1. The van der Waals surface area contributed by atoms with Gasteiger partial charge in [0.25, 0.3) is 0 Å². The van der Waals surface area contributed by atoms with Gasteiger partial charge in [-0.2, -0.15) is 0 Å². The van der Waals surface area contributed by atoms with Crippen LogP contribution in [0.15, 0.2) is 22.4 Å². The Morgan fingerprint density at radius 3 is 2.58 bits per heavy atom. The molecule has 0 spiro atoms. The lowest BCUT2D eigenvalue weighted by molar-refractivity contribution is 0.320. The van der Waals surface area contributed by atoms with Crippen LogP contribution in [0.1, 0.15) is 5.82 Å². The van der Waals surface area contributed by atoms with Gasteiger partial charge in [-0.3, -0.25) is 0 Å². The zero-order valence-electron chi connectivity index (χ0n) is 6.23. The van der Waals surface area contributed by atoms with Crippen LogP contribution in [0.5, 0.6) is 0 Å². The van der Waals surface area contributed by atoms with Crippen LogP contribution in [-0.4, -0.2) is 26.6 Å². The largest absolute Gasteiger partial charge is 0.410 e. The van der Waals surface area contributed by atoms with Crippen molar-refractivity contribution < 1.29 is 5.21 Å². The summed E-state index contributed by atoms with van der Waals surface area (Å²) in [4.78, 5) is 8.66. The second-order valence-electron chi connectivity index (χ2n) is 1.84. The molecule has 1 aromatic heterocycles. The molecule has 0 radical (unpaired) electrons. The first kappa shape index (κ1) is 9.28. The highest BCUT2D eigenvalue weighted by Gasteiger charge is 2.02. The Morgan fingerprint density at radius 1 is 1.58 bits per heavy atom. The Balaban J connectivity index is 2.92. The van der Waals surface area contributed by atoms with Gasteiger partial charge in [-0.25, -0.2) is 9.97 Å². The van der Waals surface area contributed by atoms with Crippen LogP contribution >= 0.6 is 23.4 Å². The van der Waals surface area contributed by atoms with Gasteiger partial charge in [0.1, 0.15) is 0 Å². The van der Waals surface area contributed by atoms with E-state index in [0.717, 1.165) is 4.90 Å². The summed E-state index contributed by atoms with van der Waals surface area (Å²) in [6.45, 7) is 0. The molecule has 0 atom stereocenters. The number of rotatable bonds is 2. The molecule has 0 aliphatic carbocycles. The second-order valence-corrected chi connectivity index (χ2v) is 3.07. The van der Waals surface area contributed by atoms with E-state index in [1.165, 1.54) is 11.8 Å². The normalized spacial score (nSPS) is 11.7. The molecule has 0 aliphatic rings. The average Bonchev–Trinajstić information content (AvgIpc) is 2.17. The summed E-state index contributed by atoms with van der Waals surface area (Å²) < 4.78 is 0. The van der Waals surface area contributed by atoms with Gasteiger partial charge < -0.3 is 5.21 Å². The van der Waals surface area contributed by atoms with Gasteiger partial charge >= 0.3 is 0 Å². The van der Waals surface area contributed by atoms with E-state index in [9.17, 15) is 0 Å². The number of nitrogens with zero attached hydrogens (tertiary/aromatic N) is 3. The third-order valence-electron chi connectivity index (χ3n) is 1.14. The number of hydrogen-bond donors (Lipinski definition) is 1. The first-order valence-electron chi connectivity index (χ1n) is 3.02. The fourth-order valence-electron chi connectivity index (χ4n) is 0.573. The van der Waals surface area contributed by atoms with Crippen molar-refractivity contribution in [3.8, 4) is 0 Å². The van der Waals surface area contributed by atoms with Crippen molar-refractivity contribution in [2.24, 2.45) is 5.16 Å². The molecule has 0 aromatic carbocycles. The third kappa shape index (κ3) is 2.09. The molecule has 1 rings (SSSR count). The summed E-state index contributed by atoms with van der Waals surface area (Å²) in [6, 6.07) is 0. The highest BCUT2D eigenvalue weighted by Crippen LogP contribution is 2.11. The van der Waals surface area contributed by atoms with Crippen LogP contribution in [0.4, 0.5) is 0 Å². The van der Waals surface area contributed by atoms with Gasteiger partial charge in [0.2, 0.25) is 5.17 Å². The zero-order chi connectivity index (χ0) is 8.97. The monoisotopic (exact) mass is 203 g/mol. The van der Waals surface area contributed by atoms with E-state index in [-0.39, 0.29) is 11.0 Å². The summed E-state index contributed by atoms with van der Waals surface area (Å²) in [7, 11) is 0. The standard InChI is InChI=1S/C6H6ClN3OS/c1-12-4-2-8-6(9-3-4)5(7)10-11/h2-3,11H,1H3/b10-5-. The van der Waals surface area contributed by atoms with Crippen LogP contribution in [-0.2, 0) is 0 Å². The first-order chi connectivity index (χ1) is 5.77. The quantitative estimate of drug-likeness (QED) is 0.343. The first-order valence-corrected chi connectivity index (χ1v) is 4.62. The molecule has 4 nitrogen and oxygen atoms in total. The Morgan fingerprint density at radius 2 is 2.17 bits per heavy atom. The van der Waals surface area contributed by atoms with Crippen molar-refractivity contribution in [1.82, 2.24) is 9.97 Å². The van der Waals surface area contributed by atoms with E-state index >= 15 is 0 Å². The molecular formula is C6H6ClN3OS. The molecule has 0 unspecified atom stereocenters. The van der Waals surface area contributed by atoms with E-state index in [0.29, 0.717) is 0 Å². The maximum absolute atomic E-state index is 8.29. The number of halogens is 1. The van der Waals surface area contributed by atoms with Gasteiger partial charge in [-0.1, -0.05) is 16.8 Å². The van der Waals surface area contributed by atoms with E-state index in [1.54, 1.807) is 12.4 Å². The van der Waals surface area contributed by atoms with Crippen molar-refractivity contribution in [2.45, 2.75) is 4.90 Å². The summed E-state index contributed by atoms with van der Waals surface area (Å²) in [5, 5.41) is 10.9. The topological polar surface area (TPSA) is 58.4 Å². The molecule has 0 amide bonds. The Bertz CT molecular complexity index is 287. The molecule has 64 valence electrons. The Kier molecular flexibility index (Phi) is 3.31. The lowest BCUT2D eigenvalue weighted by Crippen LogP contribution is -1.98. The van der Waals surface area contributed by atoms with Crippen LogP contribution in [0.3, 0.4) is 0 Å². The van der Waals surface area contributed by atoms with E-state index in [1.807, 2.05) is 6.26 Å². The number of hydrogen-bond acceptors (Lipinski definition) is 5. The molecular weight excluding hydrogens is 198 g/mol. The third-order valence-corrected chi connectivity index (χ3v) is 2.06. The maximum atomic E-state index is 8.29. The van der Waals surface area contributed by atoms with Crippen molar-refractivity contribution in [3.05, 3.63) is 18.2 Å². The number of aromatic nitrogens is 2. The summed E-state index contributed by atoms with van der Waals surface area (Å²) >= 11 is 6.98. The minimum atomic E-state index is -0.109. The second kappa shape index (κ2) is 4.27. The summed E-state index contributed by atoms with van der Waals surface area (Å²) in [5.41, 5.74) is 0. The van der Waals surface area contributed by atoms with Crippen LogP contribution in [0.2, 0.25) is 0 Å². The van der Waals surface area contributed by atoms with Crippen molar-refractivity contribution in [3.63, 3.8) is 0 Å². The fraction of sp³-hybridized carbons (Fsp3) is 0.167. The molecule has 12 heavy (non-hydrogen) atoms. The maximum Gasteiger partial charge on any atom is 0.212 e. The summed E-state index contributed by atoms with van der Waals surface area (Å²) in [6.07, 6.45) is 5.14. The lowest BCUT2D eigenvalue weighted by Gasteiger charge is -1.95. The highest BCUT2D eigenvalue weighted by molar-refractivity contribution is 7.98. The average molecular weight is 204 g/mol. The molecule has 1 aromatic rings. The predicted molar refractivity (Wildman–Crippen MR) is 48.0 cm³/mol. The molecule has 0 bridgehead atoms. The molecule has 0 saturated carbocycles. The smallest absolute Gasteiger partial charge is 0.212 e. The zero-order valence-corrected chi connectivity index (χ0v) is 7.80. The summed E-state index contributed by atoms with van der Waals surface area (Å²) in [5.74, 6) is 0.219. The predicted octanol–water partition coefficient (Wildman–Crippen LogP) is 1.57. The van der Waals surface area contributed by atoms with Gasteiger partial charge in [-0.15, -0.1) is 11.8 Å². The Labute approximate surface area is 78.7 Å². The van der Waals surface area contributed by atoms with E-state index < -0.39 is 0 Å². The van der Waals surface area contributed by atoms with Gasteiger partial charge in [0.15, 0.2) is 5.82 Å². The van der Waals surface area contributed by atoms with Gasteiger partial charge in [0.05, 0.1) is 0 Å². The molecule has 1 heterocycles. The van der Waals surface area contributed by atoms with Crippen molar-refractivity contribution >= 4 is 28.5 Å². The van der Waals surface area contributed by atoms with E-state index in [2.05, 4.69) is 15.1 Å². The SMILES string of the molecule is CSc1cnc(/C(Cl)=N/O)nc1. The highest BCUT2D eigenvalue weighted by atomic mass is 35.5. The fourth-order valence-corrected chi connectivity index (χ4v) is 0.987. The van der Waals surface area contributed by atoms with Crippen LogP contribution in [0, 0.1) is 0 Å². The van der Waals surface area contributed by atoms with Gasteiger partial charge in [0, 0.05) is 17.3 Å². The molecule has 6 heteroatoms. The van der Waals surface area contributed by atoms with Crippen LogP contribution < -0.4 is 0 Å². The molecule has 0 fully saturated rings. The molecule has 0 saturated heterocycles. The van der Waals surface area contributed by atoms with Crippen molar-refractivity contribution in [1.29, 1.82) is 0 Å². The minimum Gasteiger partial charge on any atom is -0.410 e. The Hall–Kier alpha value is -0.810. The molecule has 0 aliphatic heterocycles. The minimum absolute atomic E-state index is 0.109. The van der Waals surface area contributed by atoms with Crippen molar-refractivity contribution in [2.75, 3.05) is 6.26 Å². The lowest BCUT2D eigenvalue weighted by atomic mass is 10.6. The van der Waals surface area contributed by atoms with Crippen LogP contribution in [0.25, 0.3) is 0 Å². The molecule has 1 N–H and O–H groups in total.